The van der Waals surface area contributed by atoms with Crippen LogP contribution in [0.3, 0.4) is 0 Å². The van der Waals surface area contributed by atoms with E-state index in [9.17, 15) is 13.2 Å². The fourth-order valence-electron chi connectivity index (χ4n) is 2.00. The monoisotopic (exact) mass is 355 g/mol. The van der Waals surface area contributed by atoms with E-state index in [2.05, 4.69) is 0 Å². The molecular weight excluding hydrogens is 342 g/mol. The largest absolute Gasteiger partial charge is 0.495 e. The molecule has 122 valence electrons. The molecule has 8 heteroatoms. The summed E-state index contributed by atoms with van der Waals surface area (Å²) < 4.78 is 31.6. The lowest BCUT2D eigenvalue weighted by atomic mass is 10.3. The van der Waals surface area contributed by atoms with Crippen LogP contribution in [0.1, 0.15) is 0 Å². The van der Waals surface area contributed by atoms with Crippen LogP contribution in [0.15, 0.2) is 53.4 Å². The molecule has 0 fully saturated rings. The number of sulfonamides is 1. The van der Waals surface area contributed by atoms with Gasteiger partial charge in [-0.25, -0.2) is 8.42 Å². The lowest BCUT2D eigenvalue weighted by molar-refractivity contribution is -0.135. The van der Waals surface area contributed by atoms with E-state index in [1.807, 2.05) is 0 Å². The van der Waals surface area contributed by atoms with Gasteiger partial charge in [0.1, 0.15) is 17.2 Å². The number of para-hydroxylation sites is 1. The van der Waals surface area contributed by atoms with E-state index in [-0.39, 0.29) is 16.3 Å². The standard InChI is InChI=1S/C15H14ClNO5S/c1-22-13-4-2-3-5-14(13)23(20,21)17(10-15(18)19)12-8-6-11(16)7-9-12/h2-9H,10H2,1H3,(H,18,19). The van der Waals surface area contributed by atoms with Crippen molar-refractivity contribution in [2.75, 3.05) is 18.0 Å². The highest BCUT2D eigenvalue weighted by atomic mass is 35.5. The number of carbonyl (C=O) groups is 1. The van der Waals surface area contributed by atoms with Crippen molar-refractivity contribution < 1.29 is 23.1 Å². The summed E-state index contributed by atoms with van der Waals surface area (Å²) in [6, 6.07) is 11.9. The second kappa shape index (κ2) is 6.89. The molecule has 0 atom stereocenters. The minimum Gasteiger partial charge on any atom is -0.495 e. The molecule has 0 spiro atoms. The number of nitrogens with zero attached hydrogens (tertiary/aromatic N) is 1. The number of benzene rings is 2. The predicted octanol–water partition coefficient (Wildman–Crippen LogP) is 2.63. The SMILES string of the molecule is COc1ccccc1S(=O)(=O)N(CC(=O)O)c1ccc(Cl)cc1. The van der Waals surface area contributed by atoms with Crippen molar-refractivity contribution in [3.8, 4) is 5.75 Å². The van der Waals surface area contributed by atoms with Gasteiger partial charge in [-0.3, -0.25) is 9.10 Å². The Labute approximate surface area is 138 Å². The molecule has 0 aliphatic heterocycles. The van der Waals surface area contributed by atoms with Crippen LogP contribution in [0.5, 0.6) is 5.75 Å². The summed E-state index contributed by atoms with van der Waals surface area (Å²) in [6.45, 7) is -0.720. The molecule has 0 aliphatic carbocycles. The van der Waals surface area contributed by atoms with Crippen LogP contribution in [0.25, 0.3) is 0 Å². The first-order valence-corrected chi connectivity index (χ1v) is 8.31. The first-order chi connectivity index (χ1) is 10.9. The molecule has 6 nitrogen and oxygen atoms in total. The van der Waals surface area contributed by atoms with E-state index in [0.29, 0.717) is 5.02 Å². The molecule has 1 N–H and O–H groups in total. The maximum atomic E-state index is 12.9. The quantitative estimate of drug-likeness (QED) is 0.861. The van der Waals surface area contributed by atoms with Crippen molar-refractivity contribution in [2.45, 2.75) is 4.90 Å². The molecule has 23 heavy (non-hydrogen) atoms. The number of methoxy groups -OCH3 is 1. The van der Waals surface area contributed by atoms with Gasteiger partial charge in [-0.2, -0.15) is 0 Å². The number of rotatable bonds is 6. The molecule has 2 aromatic rings. The van der Waals surface area contributed by atoms with Gasteiger partial charge in [-0.1, -0.05) is 23.7 Å². The number of carboxylic acids is 1. The van der Waals surface area contributed by atoms with Crippen LogP contribution < -0.4 is 9.04 Å². The Hall–Kier alpha value is -2.25. The summed E-state index contributed by atoms with van der Waals surface area (Å²) in [5, 5.41) is 9.49. The molecule has 0 aliphatic rings. The molecule has 0 heterocycles. The number of hydrogen-bond donors (Lipinski definition) is 1. The van der Waals surface area contributed by atoms with Crippen LogP contribution in [0.4, 0.5) is 5.69 Å². The van der Waals surface area contributed by atoms with E-state index in [0.717, 1.165) is 4.31 Å². The van der Waals surface area contributed by atoms with Crippen LogP contribution in [-0.4, -0.2) is 33.1 Å². The molecule has 2 aromatic carbocycles. The van der Waals surface area contributed by atoms with E-state index in [1.165, 1.54) is 49.6 Å². The molecular formula is C15H14ClNO5S. The Morgan fingerprint density at radius 2 is 1.78 bits per heavy atom. The molecule has 0 aromatic heterocycles. The number of anilines is 1. The summed E-state index contributed by atoms with van der Waals surface area (Å²) in [7, 11) is -2.77. The normalized spacial score (nSPS) is 11.0. The molecule has 0 amide bonds. The first-order valence-electron chi connectivity index (χ1n) is 6.49. The molecule has 0 bridgehead atoms. The summed E-state index contributed by atoms with van der Waals surface area (Å²) in [5.74, 6) is -1.14. The Bertz CT molecular complexity index is 805. The van der Waals surface area contributed by atoms with Gasteiger partial charge in [0.2, 0.25) is 0 Å². The van der Waals surface area contributed by atoms with E-state index >= 15 is 0 Å². The van der Waals surface area contributed by atoms with Crippen molar-refractivity contribution in [1.82, 2.24) is 0 Å². The van der Waals surface area contributed by atoms with Gasteiger partial charge < -0.3 is 9.84 Å². The van der Waals surface area contributed by atoms with Crippen molar-refractivity contribution >= 4 is 33.3 Å². The third-order valence-corrected chi connectivity index (χ3v) is 5.10. The van der Waals surface area contributed by atoms with E-state index in [1.54, 1.807) is 6.07 Å². The van der Waals surface area contributed by atoms with Crippen LogP contribution in [0, 0.1) is 0 Å². The van der Waals surface area contributed by atoms with Crippen molar-refractivity contribution in [2.24, 2.45) is 0 Å². The second-order valence-electron chi connectivity index (χ2n) is 4.53. The molecule has 0 unspecified atom stereocenters. The topological polar surface area (TPSA) is 83.9 Å². The minimum absolute atomic E-state index is 0.112. The number of hydrogen-bond acceptors (Lipinski definition) is 4. The van der Waals surface area contributed by atoms with Crippen LogP contribution in [0.2, 0.25) is 5.02 Å². The Morgan fingerprint density at radius 3 is 2.35 bits per heavy atom. The molecule has 0 saturated carbocycles. The average Bonchev–Trinajstić information content (AvgIpc) is 2.53. The van der Waals surface area contributed by atoms with Crippen LogP contribution in [-0.2, 0) is 14.8 Å². The lowest BCUT2D eigenvalue weighted by Crippen LogP contribution is -2.35. The minimum atomic E-state index is -4.12. The van der Waals surface area contributed by atoms with Gasteiger partial charge in [-0.15, -0.1) is 0 Å². The van der Waals surface area contributed by atoms with Crippen molar-refractivity contribution in [1.29, 1.82) is 0 Å². The van der Waals surface area contributed by atoms with Gasteiger partial charge in [0.25, 0.3) is 10.0 Å². The number of halogens is 1. The van der Waals surface area contributed by atoms with Crippen molar-refractivity contribution in [3.63, 3.8) is 0 Å². The Morgan fingerprint density at radius 1 is 1.17 bits per heavy atom. The molecule has 0 radical (unpaired) electrons. The fourth-order valence-corrected chi connectivity index (χ4v) is 3.70. The predicted molar refractivity (Wildman–Crippen MR) is 86.6 cm³/mol. The third-order valence-electron chi connectivity index (χ3n) is 3.03. The first kappa shape index (κ1) is 17.1. The smallest absolute Gasteiger partial charge is 0.324 e. The Kier molecular flexibility index (Phi) is 5.12. The van der Waals surface area contributed by atoms with E-state index < -0.39 is 22.5 Å². The van der Waals surface area contributed by atoms with Gasteiger partial charge in [0.05, 0.1) is 12.8 Å². The zero-order valence-corrected chi connectivity index (χ0v) is 13.7. The fraction of sp³-hybridized carbons (Fsp3) is 0.133. The second-order valence-corrected chi connectivity index (χ2v) is 6.80. The highest BCUT2D eigenvalue weighted by molar-refractivity contribution is 7.93. The summed E-state index contributed by atoms with van der Waals surface area (Å²) in [5.41, 5.74) is 0.197. The van der Waals surface area contributed by atoms with Gasteiger partial charge >= 0.3 is 5.97 Å². The third kappa shape index (κ3) is 3.75. The number of carboxylic acid groups (broad SMARTS) is 1. The maximum Gasteiger partial charge on any atom is 0.324 e. The Balaban J connectivity index is 2.57. The van der Waals surface area contributed by atoms with Gasteiger partial charge in [0.15, 0.2) is 0 Å². The molecule has 0 saturated heterocycles. The van der Waals surface area contributed by atoms with Crippen molar-refractivity contribution in [3.05, 3.63) is 53.6 Å². The molecule has 2 rings (SSSR count). The zero-order valence-electron chi connectivity index (χ0n) is 12.1. The summed E-state index contributed by atoms with van der Waals surface area (Å²) in [4.78, 5) is 11.0. The zero-order chi connectivity index (χ0) is 17.0. The highest BCUT2D eigenvalue weighted by Crippen LogP contribution is 2.30. The maximum absolute atomic E-state index is 12.9. The van der Waals surface area contributed by atoms with Gasteiger partial charge in [0, 0.05) is 5.02 Å². The number of aliphatic carboxylic acids is 1. The van der Waals surface area contributed by atoms with Gasteiger partial charge in [-0.05, 0) is 36.4 Å². The lowest BCUT2D eigenvalue weighted by Gasteiger charge is -2.23. The summed E-state index contributed by atoms with van der Waals surface area (Å²) >= 11 is 5.80. The van der Waals surface area contributed by atoms with Crippen LogP contribution >= 0.6 is 11.6 Å². The van der Waals surface area contributed by atoms with E-state index in [4.69, 9.17) is 21.4 Å². The summed E-state index contributed by atoms with van der Waals surface area (Å²) in [6.07, 6.45) is 0. The number of ether oxygens (including phenoxy) is 1. The highest BCUT2D eigenvalue weighted by Gasteiger charge is 2.29. The average molecular weight is 356 g/mol.